The van der Waals surface area contributed by atoms with Crippen LogP contribution in [0.1, 0.15) is 136 Å². The molecule has 4 rings (SSSR count). The Bertz CT molecular complexity index is 1540. The van der Waals surface area contributed by atoms with E-state index in [4.69, 9.17) is 35.6 Å². The molecule has 0 heterocycles. The summed E-state index contributed by atoms with van der Waals surface area (Å²) >= 11 is 0. The van der Waals surface area contributed by atoms with Gasteiger partial charge < -0.3 is 26.0 Å². The Morgan fingerprint density at radius 1 is 0.564 bits per heavy atom. The third-order valence-corrected chi connectivity index (χ3v) is 7.94. The van der Waals surface area contributed by atoms with Crippen LogP contribution in [0.2, 0.25) is 0 Å². The second-order valence-electron chi connectivity index (χ2n) is 15.2. The normalized spacial score (nSPS) is 10.0. The van der Waals surface area contributed by atoms with Crippen LogP contribution < -0.4 is 11.2 Å². The van der Waals surface area contributed by atoms with Gasteiger partial charge in [-0.05, 0) is 93.9 Å². The van der Waals surface area contributed by atoms with Crippen LogP contribution in [0.5, 0.6) is 0 Å². The first-order chi connectivity index (χ1) is 24.7. The average Bonchev–Trinajstić information content (AvgIpc) is 3.07. The van der Waals surface area contributed by atoms with Gasteiger partial charge in [-0.1, -0.05) is 161 Å². The summed E-state index contributed by atoms with van der Waals surface area (Å²) in [5.74, 6) is -1.67. The number of carboxylic acids is 2. The third-order valence-electron chi connectivity index (χ3n) is 7.94. The Kier molecular flexibility index (Phi) is 29.7. The van der Waals surface area contributed by atoms with Crippen LogP contribution in [0.15, 0.2) is 97.1 Å². The first kappa shape index (κ1) is 55.5. The van der Waals surface area contributed by atoms with E-state index in [1.54, 1.807) is 12.1 Å². The number of carbonyl (C=O) groups is 2. The maximum Gasteiger partial charge on any atom is 0.488 e. The van der Waals surface area contributed by atoms with Gasteiger partial charge >= 0.3 is 7.12 Å². The quantitative estimate of drug-likeness (QED) is 0.0838. The van der Waals surface area contributed by atoms with Gasteiger partial charge in [-0.3, -0.25) is 9.59 Å². The standard InChI is InChI=1S/C21H28.C10H15BO2.C10H15N.2C2H4O2.CH4.Cu/c1-5-6-7-17-8-10-18(11-9-17)16-19-12-14-20(15-13-19)21(2,3)4;1-10(2,3)8-4-6-9(7-5-8)11(12)13;1-2-3-4-9-5-7-10(11)8-6-9;2*1-2(3)4;;/h8-15H,5-7,16H2,1-4H3;4-7,12-13H,1-3H3;5-8H,2-4,11H2,1H3;2*1H3,(H,3,4);1H4;. The van der Waals surface area contributed by atoms with Crippen LogP contribution in [0.25, 0.3) is 0 Å². The van der Waals surface area contributed by atoms with Crippen molar-refractivity contribution in [1.29, 1.82) is 0 Å². The molecule has 0 aliphatic heterocycles. The molecule has 1 radical (unpaired) electrons. The van der Waals surface area contributed by atoms with E-state index >= 15 is 0 Å². The predicted octanol–water partition coefficient (Wildman–Crippen LogP) is 10.0. The minimum atomic E-state index is -1.37. The summed E-state index contributed by atoms with van der Waals surface area (Å²) in [6.45, 7) is 19.8. The maximum atomic E-state index is 9.00. The van der Waals surface area contributed by atoms with Crippen molar-refractivity contribution in [1.82, 2.24) is 0 Å². The van der Waals surface area contributed by atoms with Gasteiger partial charge in [-0.25, -0.2) is 0 Å². The number of rotatable bonds is 9. The molecule has 0 spiro atoms. The molecule has 9 heteroatoms. The number of benzene rings is 4. The van der Waals surface area contributed by atoms with E-state index in [0.29, 0.717) is 5.46 Å². The molecule has 0 bridgehead atoms. The zero-order valence-electron chi connectivity index (χ0n) is 34.2. The molecule has 0 atom stereocenters. The zero-order chi connectivity index (χ0) is 40.6. The van der Waals surface area contributed by atoms with Gasteiger partial charge in [-0.15, -0.1) is 0 Å². The molecule has 4 aromatic rings. The van der Waals surface area contributed by atoms with Gasteiger partial charge in [0, 0.05) is 36.6 Å². The summed E-state index contributed by atoms with van der Waals surface area (Å²) in [6, 6.07) is 33.7. The number of unbranched alkanes of at least 4 members (excludes halogenated alkanes) is 2. The summed E-state index contributed by atoms with van der Waals surface area (Å²) in [5.41, 5.74) is 15.5. The summed E-state index contributed by atoms with van der Waals surface area (Å²) in [6.07, 6.45) is 8.48. The van der Waals surface area contributed by atoms with E-state index in [1.165, 1.54) is 71.9 Å². The summed E-state index contributed by atoms with van der Waals surface area (Å²) < 4.78 is 0. The van der Waals surface area contributed by atoms with Crippen molar-refractivity contribution in [3.8, 4) is 0 Å². The van der Waals surface area contributed by atoms with Crippen LogP contribution in [0.4, 0.5) is 5.69 Å². The molecule has 0 saturated carbocycles. The SMILES string of the molecule is C.CC(=O)O.CC(=O)O.CC(C)(C)c1ccc(B(O)O)cc1.CCCCc1ccc(Cc2ccc(C(C)(C)C)cc2)cc1.CCCCc1ccc(N)cc1.[Cu]. The summed E-state index contributed by atoms with van der Waals surface area (Å²) in [7, 11) is -1.37. The minimum Gasteiger partial charge on any atom is -0.481 e. The third kappa shape index (κ3) is 28.2. The van der Waals surface area contributed by atoms with Crippen LogP contribution >= 0.6 is 0 Å². The first-order valence-corrected chi connectivity index (χ1v) is 18.6. The average molecular weight is 807 g/mol. The van der Waals surface area contributed by atoms with Crippen molar-refractivity contribution in [2.75, 3.05) is 5.73 Å². The fraction of sp³-hybridized carbons (Fsp3) is 0.435. The molecule has 4 aromatic carbocycles. The topological polar surface area (TPSA) is 141 Å². The maximum absolute atomic E-state index is 9.00. The first-order valence-electron chi connectivity index (χ1n) is 18.6. The predicted molar refractivity (Wildman–Crippen MR) is 231 cm³/mol. The van der Waals surface area contributed by atoms with Gasteiger partial charge in [-0.2, -0.15) is 0 Å². The van der Waals surface area contributed by atoms with Gasteiger partial charge in [0.05, 0.1) is 0 Å². The molecule has 0 amide bonds. The van der Waals surface area contributed by atoms with E-state index in [-0.39, 0.29) is 35.3 Å². The molecule has 6 N–H and O–H groups in total. The molecule has 55 heavy (non-hydrogen) atoms. The molecule has 0 unspecified atom stereocenters. The largest absolute Gasteiger partial charge is 0.488 e. The van der Waals surface area contributed by atoms with Gasteiger partial charge in [0.25, 0.3) is 11.9 Å². The Balaban J connectivity index is -0.000000689. The second kappa shape index (κ2) is 29.4. The minimum absolute atomic E-state index is 0. The van der Waals surface area contributed by atoms with E-state index in [9.17, 15) is 0 Å². The number of nitrogens with two attached hydrogens (primary N) is 1. The number of aliphatic carboxylic acids is 2. The molecular weight excluding hydrogens is 737 g/mol. The molecule has 309 valence electrons. The van der Waals surface area contributed by atoms with Crippen molar-refractivity contribution in [2.45, 2.75) is 132 Å². The number of hydrogen-bond acceptors (Lipinski definition) is 5. The van der Waals surface area contributed by atoms with E-state index in [2.05, 4.69) is 116 Å². The summed E-state index contributed by atoms with van der Waals surface area (Å²) in [4.78, 5) is 18.0. The Labute approximate surface area is 344 Å². The molecule has 0 saturated heterocycles. The smallest absolute Gasteiger partial charge is 0.481 e. The summed E-state index contributed by atoms with van der Waals surface area (Å²) in [5, 5.41) is 32.6. The number of aryl methyl sites for hydroxylation is 2. The van der Waals surface area contributed by atoms with Gasteiger partial charge in [0.15, 0.2) is 0 Å². The zero-order valence-corrected chi connectivity index (χ0v) is 35.2. The number of hydrogen-bond donors (Lipinski definition) is 5. The molecular formula is C46H70BCuNO6. The fourth-order valence-electron chi connectivity index (χ4n) is 4.78. The number of nitrogen functional groups attached to an aromatic ring is 1. The van der Waals surface area contributed by atoms with Crippen LogP contribution in [-0.2, 0) is 56.8 Å². The van der Waals surface area contributed by atoms with Crippen LogP contribution in [0.3, 0.4) is 0 Å². The van der Waals surface area contributed by atoms with Gasteiger partial charge in [0.1, 0.15) is 0 Å². The van der Waals surface area contributed by atoms with Crippen LogP contribution in [0, 0.1) is 0 Å². The monoisotopic (exact) mass is 806 g/mol. The number of anilines is 1. The number of carboxylic acid groups (broad SMARTS) is 2. The molecule has 0 fully saturated rings. The Morgan fingerprint density at radius 3 is 1.13 bits per heavy atom. The van der Waals surface area contributed by atoms with E-state index in [0.717, 1.165) is 26.0 Å². The Hall–Kier alpha value is -3.88. The molecule has 0 aromatic heterocycles. The second-order valence-corrected chi connectivity index (χ2v) is 15.2. The molecule has 0 aliphatic carbocycles. The van der Waals surface area contributed by atoms with Crippen molar-refractivity contribution >= 4 is 30.2 Å². The van der Waals surface area contributed by atoms with E-state index < -0.39 is 19.1 Å². The van der Waals surface area contributed by atoms with Crippen LogP contribution in [-0.4, -0.2) is 39.3 Å². The van der Waals surface area contributed by atoms with Crippen molar-refractivity contribution in [2.24, 2.45) is 0 Å². The van der Waals surface area contributed by atoms with Crippen molar-refractivity contribution in [3.63, 3.8) is 0 Å². The molecule has 0 aliphatic rings. The fourth-order valence-corrected chi connectivity index (χ4v) is 4.78. The van der Waals surface area contributed by atoms with Gasteiger partial charge in [0.2, 0.25) is 0 Å². The Morgan fingerprint density at radius 2 is 0.836 bits per heavy atom. The van der Waals surface area contributed by atoms with E-state index in [1.807, 2.05) is 24.3 Å². The van der Waals surface area contributed by atoms with Crippen molar-refractivity contribution < 1.29 is 46.9 Å². The molecule has 7 nitrogen and oxygen atoms in total. The van der Waals surface area contributed by atoms with Crippen molar-refractivity contribution in [3.05, 3.63) is 130 Å².